The standard InChI is InChI=1S/C29H25F2N5O3S/c30-19-3-6-21(7-4-19)36-11-1-2-23(29(36)38)28(37)34-20-5-8-26(24(31)16-20)39-27-17-22(18-33-25(27)9-10-32)35-12-14-40-15-13-35/h1-11,16-18,32-33H,12-15H2,(H,34,37)/b25-9-,32-10?. The van der Waals surface area contributed by atoms with Crippen molar-refractivity contribution in [3.05, 3.63) is 124 Å². The van der Waals surface area contributed by atoms with E-state index >= 15 is 4.39 Å². The van der Waals surface area contributed by atoms with Crippen molar-refractivity contribution in [3.63, 3.8) is 0 Å². The van der Waals surface area contributed by atoms with Gasteiger partial charge in [-0.25, -0.2) is 8.78 Å². The Balaban J connectivity index is 1.33. The second-order valence-corrected chi connectivity index (χ2v) is 10.1. The fourth-order valence-electron chi connectivity index (χ4n) is 4.23. The lowest BCUT2D eigenvalue weighted by atomic mass is 10.2. The number of allylic oxidation sites excluding steroid dienone is 2. The highest BCUT2D eigenvalue weighted by molar-refractivity contribution is 7.99. The van der Waals surface area contributed by atoms with Crippen LogP contribution in [0.25, 0.3) is 5.69 Å². The summed E-state index contributed by atoms with van der Waals surface area (Å²) in [4.78, 5) is 28.0. The predicted octanol–water partition coefficient (Wildman–Crippen LogP) is 4.66. The van der Waals surface area contributed by atoms with E-state index in [1.807, 2.05) is 18.0 Å². The summed E-state index contributed by atoms with van der Waals surface area (Å²) in [7, 11) is 0. The van der Waals surface area contributed by atoms with E-state index in [1.54, 1.807) is 6.08 Å². The highest BCUT2D eigenvalue weighted by atomic mass is 32.2. The summed E-state index contributed by atoms with van der Waals surface area (Å²) in [5.74, 6) is 0.396. The van der Waals surface area contributed by atoms with Crippen LogP contribution in [0.15, 0.2) is 101 Å². The van der Waals surface area contributed by atoms with Gasteiger partial charge in [0.05, 0.1) is 11.4 Å². The van der Waals surface area contributed by atoms with E-state index in [2.05, 4.69) is 15.5 Å². The van der Waals surface area contributed by atoms with Crippen molar-refractivity contribution in [2.75, 3.05) is 29.9 Å². The Morgan fingerprint density at radius 1 is 1.10 bits per heavy atom. The highest BCUT2D eigenvalue weighted by Crippen LogP contribution is 2.28. The Kier molecular flexibility index (Phi) is 8.11. The molecule has 11 heteroatoms. The molecular formula is C29H25F2N5O3S. The van der Waals surface area contributed by atoms with Crippen LogP contribution in [-0.2, 0) is 0 Å². The number of hydrogen-bond acceptors (Lipinski definition) is 7. The molecule has 0 aliphatic carbocycles. The molecule has 0 saturated carbocycles. The number of dihydropyridines is 1. The maximum Gasteiger partial charge on any atom is 0.267 e. The van der Waals surface area contributed by atoms with Crippen LogP contribution in [0.2, 0.25) is 0 Å². The first-order chi connectivity index (χ1) is 19.4. The Hall–Kier alpha value is -4.64. The smallest absolute Gasteiger partial charge is 0.267 e. The monoisotopic (exact) mass is 561 g/mol. The minimum atomic E-state index is -0.727. The Morgan fingerprint density at radius 2 is 1.88 bits per heavy atom. The zero-order valence-corrected chi connectivity index (χ0v) is 22.0. The van der Waals surface area contributed by atoms with Crippen molar-refractivity contribution in [3.8, 4) is 11.4 Å². The Labute approximate surface area is 233 Å². The fourth-order valence-corrected chi connectivity index (χ4v) is 5.13. The summed E-state index contributed by atoms with van der Waals surface area (Å²) >= 11 is 1.89. The van der Waals surface area contributed by atoms with Crippen LogP contribution in [0.1, 0.15) is 10.4 Å². The van der Waals surface area contributed by atoms with Crippen molar-refractivity contribution in [2.45, 2.75) is 0 Å². The summed E-state index contributed by atoms with van der Waals surface area (Å²) in [6.07, 6.45) is 7.73. The molecule has 0 spiro atoms. The van der Waals surface area contributed by atoms with Crippen LogP contribution >= 0.6 is 11.8 Å². The number of nitrogens with zero attached hydrogens (tertiary/aromatic N) is 2. The molecule has 0 unspecified atom stereocenters. The second kappa shape index (κ2) is 12.0. The molecule has 3 N–H and O–H groups in total. The third-order valence-electron chi connectivity index (χ3n) is 6.25. The topological polar surface area (TPSA) is 99.5 Å². The van der Waals surface area contributed by atoms with E-state index in [1.165, 1.54) is 65.4 Å². The van der Waals surface area contributed by atoms with Gasteiger partial charge in [0, 0.05) is 66.7 Å². The molecular weight excluding hydrogens is 536 g/mol. The molecule has 2 aliphatic heterocycles. The van der Waals surface area contributed by atoms with Crippen molar-refractivity contribution >= 4 is 29.6 Å². The lowest BCUT2D eigenvalue weighted by Crippen LogP contribution is -2.34. The zero-order chi connectivity index (χ0) is 28.1. The Morgan fingerprint density at radius 3 is 2.60 bits per heavy atom. The van der Waals surface area contributed by atoms with Gasteiger partial charge in [-0.2, -0.15) is 11.8 Å². The molecule has 0 atom stereocenters. The van der Waals surface area contributed by atoms with Crippen LogP contribution in [0, 0.1) is 17.0 Å². The number of rotatable bonds is 7. The minimum Gasteiger partial charge on any atom is -0.452 e. The molecule has 2 aliphatic rings. The van der Waals surface area contributed by atoms with Gasteiger partial charge < -0.3 is 25.7 Å². The van der Waals surface area contributed by atoms with Gasteiger partial charge in [-0.15, -0.1) is 0 Å². The summed E-state index contributed by atoms with van der Waals surface area (Å²) < 4.78 is 35.5. The van der Waals surface area contributed by atoms with Crippen LogP contribution in [0.5, 0.6) is 5.75 Å². The van der Waals surface area contributed by atoms with Gasteiger partial charge in [0.2, 0.25) is 0 Å². The lowest BCUT2D eigenvalue weighted by Gasteiger charge is -2.31. The molecule has 0 bridgehead atoms. The van der Waals surface area contributed by atoms with Gasteiger partial charge in [0.1, 0.15) is 11.4 Å². The third kappa shape index (κ3) is 5.99. The summed E-state index contributed by atoms with van der Waals surface area (Å²) in [5.41, 5.74) is 1.16. The lowest BCUT2D eigenvalue weighted by molar-refractivity contribution is 0.102. The third-order valence-corrected chi connectivity index (χ3v) is 7.20. The van der Waals surface area contributed by atoms with Crippen LogP contribution < -0.4 is 20.9 Å². The molecule has 3 aromatic rings. The predicted molar refractivity (Wildman–Crippen MR) is 152 cm³/mol. The molecule has 2 aromatic carbocycles. The van der Waals surface area contributed by atoms with E-state index in [4.69, 9.17) is 10.1 Å². The average Bonchev–Trinajstić information content (AvgIpc) is 2.96. The second-order valence-electron chi connectivity index (χ2n) is 8.84. The molecule has 1 fully saturated rings. The van der Waals surface area contributed by atoms with Crippen molar-refractivity contribution in [2.24, 2.45) is 0 Å². The number of carbonyl (C=O) groups excluding carboxylic acids is 1. The Bertz CT molecular complexity index is 1590. The number of aromatic nitrogens is 1. The van der Waals surface area contributed by atoms with Gasteiger partial charge in [0.15, 0.2) is 17.3 Å². The van der Waals surface area contributed by atoms with E-state index in [0.29, 0.717) is 17.1 Å². The first kappa shape index (κ1) is 26.9. The summed E-state index contributed by atoms with van der Waals surface area (Å²) in [5, 5.41) is 13.1. The number of benzene rings is 2. The maximum absolute atomic E-state index is 15.1. The number of ether oxygens (including phenoxy) is 1. The molecule has 1 aromatic heterocycles. The highest BCUT2D eigenvalue weighted by Gasteiger charge is 2.20. The summed E-state index contributed by atoms with van der Waals surface area (Å²) in [6.45, 7) is 1.76. The molecule has 1 saturated heterocycles. The van der Waals surface area contributed by atoms with Crippen molar-refractivity contribution in [1.82, 2.24) is 14.8 Å². The molecule has 40 heavy (non-hydrogen) atoms. The zero-order valence-electron chi connectivity index (χ0n) is 21.2. The molecule has 204 valence electrons. The van der Waals surface area contributed by atoms with Gasteiger partial charge in [0.25, 0.3) is 11.5 Å². The SMILES string of the molecule is N=C/C=C1\NC=C(N2CCSCC2)C=C1Oc1ccc(NC(=O)c2cccn(-c3ccc(F)cc3)c2=O)cc1F. The van der Waals surface area contributed by atoms with Crippen molar-refractivity contribution in [1.29, 1.82) is 5.41 Å². The molecule has 0 radical (unpaired) electrons. The number of halogens is 2. The molecule has 3 heterocycles. The normalized spacial score (nSPS) is 16.1. The fraction of sp³-hybridized carbons (Fsp3) is 0.138. The van der Waals surface area contributed by atoms with Crippen molar-refractivity contribution < 1.29 is 18.3 Å². The number of nitrogens with one attached hydrogen (secondary N) is 3. The first-order valence-electron chi connectivity index (χ1n) is 12.4. The van der Waals surface area contributed by atoms with E-state index < -0.39 is 23.1 Å². The number of thioether (sulfide) groups is 1. The number of anilines is 1. The maximum atomic E-state index is 15.1. The van der Waals surface area contributed by atoms with Gasteiger partial charge in [-0.1, -0.05) is 0 Å². The van der Waals surface area contributed by atoms with E-state index in [-0.39, 0.29) is 17.0 Å². The average molecular weight is 562 g/mol. The largest absolute Gasteiger partial charge is 0.452 e. The van der Waals surface area contributed by atoms with Crippen LogP contribution in [0.4, 0.5) is 14.5 Å². The summed E-state index contributed by atoms with van der Waals surface area (Å²) in [6, 6.07) is 12.1. The molecule has 8 nitrogen and oxygen atoms in total. The van der Waals surface area contributed by atoms with E-state index in [9.17, 15) is 14.0 Å². The van der Waals surface area contributed by atoms with Gasteiger partial charge in [-0.3, -0.25) is 14.2 Å². The number of carbonyl (C=O) groups is 1. The number of hydrogen-bond donors (Lipinski definition) is 3. The number of amides is 1. The molecule has 5 rings (SSSR count). The van der Waals surface area contributed by atoms with Gasteiger partial charge in [-0.05, 0) is 54.6 Å². The van der Waals surface area contributed by atoms with Crippen LogP contribution in [0.3, 0.4) is 0 Å². The first-order valence-corrected chi connectivity index (χ1v) is 13.6. The number of pyridine rings is 1. The van der Waals surface area contributed by atoms with Gasteiger partial charge >= 0.3 is 0 Å². The quantitative estimate of drug-likeness (QED) is 0.363. The molecule has 1 amide bonds. The van der Waals surface area contributed by atoms with Crippen LogP contribution in [-0.4, -0.2) is 46.2 Å². The van der Waals surface area contributed by atoms with E-state index in [0.717, 1.165) is 42.6 Å². The minimum absolute atomic E-state index is 0.0734.